The van der Waals surface area contributed by atoms with Crippen molar-refractivity contribution < 1.29 is 0 Å². The molecule has 0 fully saturated rings. The van der Waals surface area contributed by atoms with Gasteiger partial charge in [-0.2, -0.15) is 4.98 Å². The minimum atomic E-state index is 0.716. The third-order valence-corrected chi connectivity index (χ3v) is 3.99. The molecule has 6 heteroatoms. The predicted molar refractivity (Wildman–Crippen MR) is 87.9 cm³/mol. The summed E-state index contributed by atoms with van der Waals surface area (Å²) >= 11 is 1.65. The van der Waals surface area contributed by atoms with Crippen LogP contribution in [-0.2, 0) is 0 Å². The minimum absolute atomic E-state index is 0.716. The second-order valence-electron chi connectivity index (χ2n) is 4.78. The lowest BCUT2D eigenvalue weighted by molar-refractivity contribution is 0.367. The number of likely N-dealkylation sites (N-methyl/N-ethyl adjacent to an activating group) is 1. The molecule has 0 aliphatic carbocycles. The zero-order valence-electron chi connectivity index (χ0n) is 12.4. The Morgan fingerprint density at radius 3 is 2.80 bits per heavy atom. The van der Waals surface area contributed by atoms with Gasteiger partial charge >= 0.3 is 0 Å². The van der Waals surface area contributed by atoms with Crippen molar-refractivity contribution in [2.24, 2.45) is 0 Å². The van der Waals surface area contributed by atoms with E-state index in [4.69, 9.17) is 0 Å². The molecular weight excluding hydrogens is 270 g/mol. The number of thiophene rings is 1. The van der Waals surface area contributed by atoms with Crippen molar-refractivity contribution in [1.82, 2.24) is 14.9 Å². The quantitative estimate of drug-likeness (QED) is 0.784. The summed E-state index contributed by atoms with van der Waals surface area (Å²) in [5.74, 6) is 1.65. The molecule has 0 aliphatic heterocycles. The zero-order chi connectivity index (χ0) is 14.4. The van der Waals surface area contributed by atoms with Crippen molar-refractivity contribution in [3.05, 3.63) is 11.4 Å². The van der Waals surface area contributed by atoms with E-state index in [9.17, 15) is 0 Å². The van der Waals surface area contributed by atoms with Gasteiger partial charge in [-0.25, -0.2) is 4.98 Å². The highest BCUT2D eigenvalue weighted by Gasteiger charge is 2.08. The lowest BCUT2D eigenvalue weighted by atomic mass is 10.3. The van der Waals surface area contributed by atoms with Crippen LogP contribution in [-0.4, -0.2) is 48.1 Å². The zero-order valence-corrected chi connectivity index (χ0v) is 13.3. The van der Waals surface area contributed by atoms with Crippen molar-refractivity contribution in [2.75, 3.05) is 43.9 Å². The number of rotatable bonds is 8. The van der Waals surface area contributed by atoms with Gasteiger partial charge in [-0.3, -0.25) is 0 Å². The summed E-state index contributed by atoms with van der Waals surface area (Å²) in [5.41, 5.74) is 0. The SMILES string of the molecule is CCCNc1nc(NCCN(C)CC)c2ccsc2n1. The van der Waals surface area contributed by atoms with E-state index < -0.39 is 0 Å². The van der Waals surface area contributed by atoms with E-state index in [-0.39, 0.29) is 0 Å². The molecule has 0 radical (unpaired) electrons. The average Bonchev–Trinajstić information content (AvgIpc) is 2.93. The highest BCUT2D eigenvalue weighted by molar-refractivity contribution is 7.16. The molecule has 0 aromatic carbocycles. The molecule has 0 atom stereocenters. The van der Waals surface area contributed by atoms with Crippen LogP contribution in [0.3, 0.4) is 0 Å². The molecule has 0 saturated heterocycles. The van der Waals surface area contributed by atoms with Gasteiger partial charge in [0.1, 0.15) is 10.6 Å². The maximum Gasteiger partial charge on any atom is 0.226 e. The van der Waals surface area contributed by atoms with Gasteiger partial charge in [0.25, 0.3) is 0 Å². The smallest absolute Gasteiger partial charge is 0.226 e. The van der Waals surface area contributed by atoms with E-state index in [0.717, 1.165) is 48.6 Å². The minimum Gasteiger partial charge on any atom is -0.368 e. The van der Waals surface area contributed by atoms with Crippen molar-refractivity contribution in [2.45, 2.75) is 20.3 Å². The molecule has 0 aliphatic rings. The molecule has 2 aromatic heterocycles. The third-order valence-electron chi connectivity index (χ3n) is 3.18. The first-order chi connectivity index (χ1) is 9.74. The van der Waals surface area contributed by atoms with Gasteiger partial charge < -0.3 is 15.5 Å². The Bertz CT molecular complexity index is 539. The Morgan fingerprint density at radius 1 is 1.20 bits per heavy atom. The molecule has 0 amide bonds. The van der Waals surface area contributed by atoms with E-state index >= 15 is 0 Å². The second-order valence-corrected chi connectivity index (χ2v) is 5.68. The number of nitrogens with one attached hydrogen (secondary N) is 2. The average molecular weight is 293 g/mol. The number of hydrogen-bond acceptors (Lipinski definition) is 6. The molecular formula is C14H23N5S. The first-order valence-electron chi connectivity index (χ1n) is 7.16. The van der Waals surface area contributed by atoms with Gasteiger partial charge in [0.05, 0.1) is 5.39 Å². The molecule has 0 bridgehead atoms. The van der Waals surface area contributed by atoms with Crippen LogP contribution in [0.5, 0.6) is 0 Å². The highest BCUT2D eigenvalue weighted by atomic mass is 32.1. The Kier molecular flexibility index (Phi) is 5.55. The molecule has 0 spiro atoms. The van der Waals surface area contributed by atoms with E-state index in [1.54, 1.807) is 11.3 Å². The summed E-state index contributed by atoms with van der Waals surface area (Å²) in [6, 6.07) is 2.08. The number of aromatic nitrogens is 2. The molecule has 2 aromatic rings. The van der Waals surface area contributed by atoms with E-state index in [0.29, 0.717) is 5.95 Å². The van der Waals surface area contributed by atoms with Crippen molar-refractivity contribution in [1.29, 1.82) is 0 Å². The maximum absolute atomic E-state index is 4.59. The summed E-state index contributed by atoms with van der Waals surface area (Å²) in [4.78, 5) is 12.4. The summed E-state index contributed by atoms with van der Waals surface area (Å²) < 4.78 is 0. The molecule has 2 rings (SSSR count). The van der Waals surface area contributed by atoms with Crippen LogP contribution >= 0.6 is 11.3 Å². The van der Waals surface area contributed by atoms with Gasteiger partial charge in [-0.1, -0.05) is 13.8 Å². The number of hydrogen-bond donors (Lipinski definition) is 2. The third kappa shape index (κ3) is 3.80. The predicted octanol–water partition coefficient (Wildman–Crippen LogP) is 2.88. The fourth-order valence-corrected chi connectivity index (χ4v) is 2.59. The summed E-state index contributed by atoms with van der Waals surface area (Å²) in [7, 11) is 2.12. The van der Waals surface area contributed by atoms with Crippen LogP contribution < -0.4 is 10.6 Å². The van der Waals surface area contributed by atoms with Crippen LogP contribution in [0.1, 0.15) is 20.3 Å². The molecule has 20 heavy (non-hydrogen) atoms. The molecule has 0 unspecified atom stereocenters. The van der Waals surface area contributed by atoms with Gasteiger partial charge in [0.2, 0.25) is 5.95 Å². The van der Waals surface area contributed by atoms with Crippen LogP contribution in [0.2, 0.25) is 0 Å². The largest absolute Gasteiger partial charge is 0.368 e. The van der Waals surface area contributed by atoms with Crippen LogP contribution in [0.15, 0.2) is 11.4 Å². The Labute approximate surface area is 124 Å². The summed E-state index contributed by atoms with van der Waals surface area (Å²) in [5, 5.41) is 9.86. The lowest BCUT2D eigenvalue weighted by Gasteiger charge is -2.15. The van der Waals surface area contributed by atoms with Gasteiger partial charge in [0.15, 0.2) is 0 Å². The number of anilines is 2. The normalized spacial score (nSPS) is 11.2. The van der Waals surface area contributed by atoms with Crippen LogP contribution in [0, 0.1) is 0 Å². The first kappa shape index (κ1) is 15.0. The fourth-order valence-electron chi connectivity index (χ4n) is 1.83. The van der Waals surface area contributed by atoms with Crippen LogP contribution in [0.4, 0.5) is 11.8 Å². The number of fused-ring (bicyclic) bond motifs is 1. The van der Waals surface area contributed by atoms with Crippen molar-refractivity contribution in [3.63, 3.8) is 0 Å². The molecule has 0 saturated carbocycles. The lowest BCUT2D eigenvalue weighted by Crippen LogP contribution is -2.25. The van der Waals surface area contributed by atoms with E-state index in [1.807, 2.05) is 0 Å². The monoisotopic (exact) mass is 293 g/mol. The molecule has 110 valence electrons. The Balaban J connectivity index is 2.10. The topological polar surface area (TPSA) is 53.1 Å². The Morgan fingerprint density at radius 2 is 2.05 bits per heavy atom. The molecule has 2 heterocycles. The van der Waals surface area contributed by atoms with Crippen LogP contribution in [0.25, 0.3) is 10.2 Å². The second kappa shape index (κ2) is 7.40. The standard InChI is InChI=1S/C14H23N5S/c1-4-7-16-14-17-12(15-8-9-19(3)5-2)11-6-10-20-13(11)18-14/h6,10H,4-5,7-9H2,1-3H3,(H2,15,16,17,18). The number of nitrogens with zero attached hydrogens (tertiary/aromatic N) is 3. The highest BCUT2D eigenvalue weighted by Crippen LogP contribution is 2.26. The Hall–Kier alpha value is -1.40. The molecule has 2 N–H and O–H groups in total. The van der Waals surface area contributed by atoms with E-state index in [1.165, 1.54) is 0 Å². The van der Waals surface area contributed by atoms with E-state index in [2.05, 4.69) is 57.8 Å². The van der Waals surface area contributed by atoms with Gasteiger partial charge in [0, 0.05) is 19.6 Å². The van der Waals surface area contributed by atoms with Gasteiger partial charge in [-0.05, 0) is 31.5 Å². The summed E-state index contributed by atoms with van der Waals surface area (Å²) in [6.07, 6.45) is 1.07. The molecule has 5 nitrogen and oxygen atoms in total. The van der Waals surface area contributed by atoms with Crippen molar-refractivity contribution >= 4 is 33.3 Å². The van der Waals surface area contributed by atoms with Gasteiger partial charge in [-0.15, -0.1) is 11.3 Å². The maximum atomic E-state index is 4.59. The summed E-state index contributed by atoms with van der Waals surface area (Å²) in [6.45, 7) is 8.14. The fraction of sp³-hybridized carbons (Fsp3) is 0.571. The van der Waals surface area contributed by atoms with Crippen molar-refractivity contribution in [3.8, 4) is 0 Å². The first-order valence-corrected chi connectivity index (χ1v) is 8.04.